The summed E-state index contributed by atoms with van der Waals surface area (Å²) in [6.45, 7) is 1.82. The van der Waals surface area contributed by atoms with Crippen LogP contribution in [0.4, 0.5) is 0 Å². The quantitative estimate of drug-likeness (QED) is 0.850. The highest BCUT2D eigenvalue weighted by atomic mass is 32.2. The number of ether oxygens (including phenoxy) is 1. The third-order valence-corrected chi connectivity index (χ3v) is 4.96. The molecule has 0 radical (unpaired) electrons. The zero-order valence-corrected chi connectivity index (χ0v) is 13.2. The number of pyridine rings is 1. The Hall–Kier alpha value is -1.70. The molecule has 2 aromatic heterocycles. The fourth-order valence-corrected chi connectivity index (χ4v) is 3.38. The molecule has 0 saturated heterocycles. The van der Waals surface area contributed by atoms with Gasteiger partial charge in [0.15, 0.2) is 0 Å². The van der Waals surface area contributed by atoms with Gasteiger partial charge in [0.05, 0.1) is 25.5 Å². The molecular formula is C15H19N3O3S. The third kappa shape index (κ3) is 3.55. The highest BCUT2D eigenvalue weighted by molar-refractivity contribution is 7.88. The average Bonchev–Trinajstić information content (AvgIpc) is 2.83. The van der Waals surface area contributed by atoms with Crippen LogP contribution in [0.1, 0.15) is 11.3 Å². The van der Waals surface area contributed by atoms with E-state index in [2.05, 4.69) is 9.55 Å². The summed E-state index contributed by atoms with van der Waals surface area (Å²) in [5.41, 5.74) is 1.96. The predicted octanol–water partition coefficient (Wildman–Crippen LogP) is 1.24. The Morgan fingerprint density at radius 2 is 2.18 bits per heavy atom. The van der Waals surface area contributed by atoms with Crippen molar-refractivity contribution in [3.8, 4) is 0 Å². The van der Waals surface area contributed by atoms with Gasteiger partial charge in [-0.3, -0.25) is 4.98 Å². The van der Waals surface area contributed by atoms with Gasteiger partial charge in [0.25, 0.3) is 0 Å². The molecular weight excluding hydrogens is 302 g/mol. The smallest absolute Gasteiger partial charge is 0.211 e. The molecule has 0 spiro atoms. The number of aromatic nitrogens is 2. The van der Waals surface area contributed by atoms with Crippen LogP contribution in [0.3, 0.4) is 0 Å². The second kappa shape index (κ2) is 6.20. The molecule has 118 valence electrons. The first kappa shape index (κ1) is 15.2. The van der Waals surface area contributed by atoms with Crippen molar-refractivity contribution in [1.29, 1.82) is 0 Å². The maximum absolute atomic E-state index is 11.9. The summed E-state index contributed by atoms with van der Waals surface area (Å²) in [6, 6.07) is 7.68. The van der Waals surface area contributed by atoms with E-state index >= 15 is 0 Å². The van der Waals surface area contributed by atoms with Crippen molar-refractivity contribution in [2.24, 2.45) is 0 Å². The van der Waals surface area contributed by atoms with E-state index in [4.69, 9.17) is 4.74 Å². The Morgan fingerprint density at radius 1 is 1.32 bits per heavy atom. The lowest BCUT2D eigenvalue weighted by Gasteiger charge is -2.22. The lowest BCUT2D eigenvalue weighted by molar-refractivity contribution is 0.0223. The van der Waals surface area contributed by atoms with Crippen LogP contribution in [0, 0.1) is 0 Å². The largest absolute Gasteiger partial charge is 0.370 e. The molecule has 1 aliphatic heterocycles. The molecule has 0 fully saturated rings. The first-order valence-electron chi connectivity index (χ1n) is 7.12. The maximum atomic E-state index is 11.9. The summed E-state index contributed by atoms with van der Waals surface area (Å²) in [5, 5.41) is 0. The van der Waals surface area contributed by atoms with Gasteiger partial charge in [0.2, 0.25) is 10.0 Å². The van der Waals surface area contributed by atoms with Crippen molar-refractivity contribution in [3.63, 3.8) is 0 Å². The number of nitrogens with zero attached hydrogens (tertiary/aromatic N) is 3. The first-order valence-corrected chi connectivity index (χ1v) is 8.97. The monoisotopic (exact) mass is 321 g/mol. The molecule has 0 bridgehead atoms. The summed E-state index contributed by atoms with van der Waals surface area (Å²) in [5.74, 6) is 0. The second-order valence-electron chi connectivity index (χ2n) is 5.50. The number of hydrogen-bond acceptors (Lipinski definition) is 4. The van der Waals surface area contributed by atoms with E-state index in [1.54, 1.807) is 12.4 Å². The van der Waals surface area contributed by atoms with Crippen LogP contribution >= 0.6 is 0 Å². The summed E-state index contributed by atoms with van der Waals surface area (Å²) in [4.78, 5) is 4.06. The predicted molar refractivity (Wildman–Crippen MR) is 82.5 cm³/mol. The van der Waals surface area contributed by atoms with Crippen LogP contribution in [0.2, 0.25) is 0 Å². The Kier molecular flexibility index (Phi) is 4.28. The number of sulfonamides is 1. The molecule has 0 unspecified atom stereocenters. The van der Waals surface area contributed by atoms with Crippen molar-refractivity contribution in [2.45, 2.75) is 25.8 Å². The zero-order chi connectivity index (χ0) is 15.6. The Bertz CT molecular complexity index is 728. The number of hydrogen-bond donors (Lipinski definition) is 0. The fraction of sp³-hybridized carbons (Fsp3) is 0.400. The molecule has 22 heavy (non-hydrogen) atoms. The van der Waals surface area contributed by atoms with Crippen molar-refractivity contribution in [2.75, 3.05) is 12.8 Å². The fourth-order valence-electron chi connectivity index (χ4n) is 2.58. The van der Waals surface area contributed by atoms with Crippen molar-refractivity contribution in [1.82, 2.24) is 13.9 Å². The second-order valence-corrected chi connectivity index (χ2v) is 7.48. The summed E-state index contributed by atoms with van der Waals surface area (Å²) < 4.78 is 33.3. The molecule has 7 heteroatoms. The summed E-state index contributed by atoms with van der Waals surface area (Å²) in [6.07, 6.45) is 6.48. The van der Waals surface area contributed by atoms with Crippen LogP contribution in [-0.2, 0) is 34.5 Å². The van der Waals surface area contributed by atoms with E-state index in [-0.39, 0.29) is 6.10 Å². The van der Waals surface area contributed by atoms with Gasteiger partial charge >= 0.3 is 0 Å². The molecule has 0 saturated carbocycles. The van der Waals surface area contributed by atoms with Gasteiger partial charge in [-0.05, 0) is 23.8 Å². The minimum atomic E-state index is -3.26. The molecule has 6 nitrogen and oxygen atoms in total. The van der Waals surface area contributed by atoms with Crippen molar-refractivity contribution in [3.05, 3.63) is 54.1 Å². The number of fused-ring (bicyclic) bond motifs is 1. The van der Waals surface area contributed by atoms with Crippen LogP contribution < -0.4 is 0 Å². The molecule has 1 aliphatic rings. The Morgan fingerprint density at radius 3 is 2.91 bits per heavy atom. The first-order chi connectivity index (χ1) is 10.5. The third-order valence-electron chi connectivity index (χ3n) is 3.75. The molecule has 0 aliphatic carbocycles. The highest BCUT2D eigenvalue weighted by Gasteiger charge is 2.27. The normalized spacial score (nSPS) is 19.6. The maximum Gasteiger partial charge on any atom is 0.211 e. The molecule has 0 N–H and O–H groups in total. The van der Waals surface area contributed by atoms with Crippen molar-refractivity contribution < 1.29 is 13.2 Å². The van der Waals surface area contributed by atoms with Gasteiger partial charge in [-0.2, -0.15) is 4.31 Å². The summed E-state index contributed by atoms with van der Waals surface area (Å²) >= 11 is 0. The summed E-state index contributed by atoms with van der Waals surface area (Å²) in [7, 11) is -3.26. The van der Waals surface area contributed by atoms with Gasteiger partial charge in [-0.25, -0.2) is 8.42 Å². The molecule has 3 heterocycles. The van der Waals surface area contributed by atoms with Gasteiger partial charge < -0.3 is 9.30 Å². The van der Waals surface area contributed by atoms with E-state index in [1.807, 2.05) is 30.5 Å². The van der Waals surface area contributed by atoms with Gasteiger partial charge in [-0.1, -0.05) is 6.07 Å². The molecule has 2 aromatic rings. The van der Waals surface area contributed by atoms with Crippen LogP contribution in [-0.4, -0.2) is 41.2 Å². The van der Waals surface area contributed by atoms with Crippen LogP contribution in [0.25, 0.3) is 0 Å². The molecule has 1 atom stereocenters. The lowest BCUT2D eigenvalue weighted by atomic mass is 10.3. The lowest BCUT2D eigenvalue weighted by Crippen LogP contribution is -2.36. The Balaban J connectivity index is 1.76. The topological polar surface area (TPSA) is 64.4 Å². The van der Waals surface area contributed by atoms with E-state index in [1.165, 1.54) is 10.6 Å². The highest BCUT2D eigenvalue weighted by Crippen LogP contribution is 2.18. The zero-order valence-electron chi connectivity index (χ0n) is 12.4. The standard InChI is InChI=1S/C15H19N3O3S/c1-22(19,20)18-9-14-5-3-7-17(14)10-15(11-18)21-12-13-4-2-6-16-8-13/h2-8,15H,9-12H2,1H3/t15-/m0/s1. The minimum absolute atomic E-state index is 0.191. The van der Waals surface area contributed by atoms with Gasteiger partial charge in [-0.15, -0.1) is 0 Å². The Labute approximate surface area is 130 Å². The minimum Gasteiger partial charge on any atom is -0.370 e. The molecule has 3 rings (SSSR count). The van der Waals surface area contributed by atoms with E-state index < -0.39 is 10.0 Å². The van der Waals surface area contributed by atoms with Gasteiger partial charge in [0, 0.05) is 37.4 Å². The van der Waals surface area contributed by atoms with E-state index in [9.17, 15) is 8.42 Å². The molecule has 0 amide bonds. The molecule has 0 aromatic carbocycles. The van der Waals surface area contributed by atoms with Crippen LogP contribution in [0.15, 0.2) is 42.9 Å². The van der Waals surface area contributed by atoms with E-state index in [0.29, 0.717) is 26.2 Å². The van der Waals surface area contributed by atoms with E-state index in [0.717, 1.165) is 11.3 Å². The van der Waals surface area contributed by atoms with Gasteiger partial charge in [0.1, 0.15) is 0 Å². The average molecular weight is 321 g/mol. The van der Waals surface area contributed by atoms with Crippen LogP contribution in [0.5, 0.6) is 0 Å². The van der Waals surface area contributed by atoms with Crippen molar-refractivity contribution >= 4 is 10.0 Å². The number of rotatable bonds is 4. The SMILES string of the molecule is CS(=O)(=O)N1Cc2cccn2C[C@H](OCc2cccnc2)C1.